The van der Waals surface area contributed by atoms with Gasteiger partial charge in [0.1, 0.15) is 0 Å². The van der Waals surface area contributed by atoms with Crippen molar-refractivity contribution in [2.45, 2.75) is 69.3 Å². The minimum absolute atomic E-state index is 0.0796. The molecular formula is C18H26O. The normalized spacial score (nSPS) is 25.3. The molecule has 0 aliphatic heterocycles. The van der Waals surface area contributed by atoms with Gasteiger partial charge in [0.05, 0.1) is 6.10 Å². The van der Waals surface area contributed by atoms with Crippen molar-refractivity contribution < 1.29 is 5.11 Å². The molecule has 2 saturated carbocycles. The average molecular weight is 258 g/mol. The molecular weight excluding hydrogens is 232 g/mol. The van der Waals surface area contributed by atoms with Gasteiger partial charge in [-0.3, -0.25) is 0 Å². The second-order valence-corrected chi connectivity index (χ2v) is 6.57. The van der Waals surface area contributed by atoms with E-state index in [1.807, 2.05) is 0 Å². The van der Waals surface area contributed by atoms with Crippen LogP contribution in [-0.4, -0.2) is 11.2 Å². The van der Waals surface area contributed by atoms with Crippen LogP contribution < -0.4 is 0 Å². The zero-order chi connectivity index (χ0) is 13.1. The third-order valence-corrected chi connectivity index (χ3v) is 5.51. The summed E-state index contributed by atoms with van der Waals surface area (Å²) in [6, 6.07) is 10.8. The fourth-order valence-corrected chi connectivity index (χ4v) is 4.16. The predicted octanol–water partition coefficient (Wildman–Crippen LogP) is 4.44. The summed E-state index contributed by atoms with van der Waals surface area (Å²) in [6.45, 7) is 0. The zero-order valence-electron chi connectivity index (χ0n) is 11.9. The fourth-order valence-electron chi connectivity index (χ4n) is 4.16. The second-order valence-electron chi connectivity index (χ2n) is 6.57. The van der Waals surface area contributed by atoms with Crippen LogP contribution >= 0.6 is 0 Å². The number of benzene rings is 1. The van der Waals surface area contributed by atoms with Gasteiger partial charge in [0.2, 0.25) is 0 Å². The van der Waals surface area contributed by atoms with E-state index in [1.165, 1.54) is 63.4 Å². The molecule has 1 heteroatoms. The van der Waals surface area contributed by atoms with E-state index in [2.05, 4.69) is 30.3 Å². The quantitative estimate of drug-likeness (QED) is 0.795. The molecule has 1 N–H and O–H groups in total. The van der Waals surface area contributed by atoms with Gasteiger partial charge in [-0.2, -0.15) is 0 Å². The van der Waals surface area contributed by atoms with E-state index in [0.29, 0.717) is 5.92 Å². The van der Waals surface area contributed by atoms with Gasteiger partial charge in [-0.15, -0.1) is 0 Å². The summed E-state index contributed by atoms with van der Waals surface area (Å²) in [4.78, 5) is 0. The largest absolute Gasteiger partial charge is 0.392 e. The van der Waals surface area contributed by atoms with Crippen molar-refractivity contribution in [2.75, 3.05) is 0 Å². The summed E-state index contributed by atoms with van der Waals surface area (Å²) in [6.07, 6.45) is 11.3. The van der Waals surface area contributed by atoms with Crippen molar-refractivity contribution in [1.29, 1.82) is 0 Å². The van der Waals surface area contributed by atoms with Gasteiger partial charge in [0, 0.05) is 5.41 Å². The summed E-state index contributed by atoms with van der Waals surface area (Å²) in [5.41, 5.74) is 1.45. The molecule has 1 nitrogen and oxygen atoms in total. The number of rotatable bonds is 3. The van der Waals surface area contributed by atoms with Crippen LogP contribution in [0.15, 0.2) is 30.3 Å². The highest BCUT2D eigenvalue weighted by Crippen LogP contribution is 2.49. The standard InChI is InChI=1S/C18H26O/c19-17(15-9-4-1-2-5-10-15)18(13-8-14-18)16-11-6-3-7-12-16/h3,6-7,11-12,15,17,19H,1-2,4-5,8-10,13-14H2. The molecule has 104 valence electrons. The number of hydrogen-bond donors (Lipinski definition) is 1. The first-order valence-electron chi connectivity index (χ1n) is 8.06. The van der Waals surface area contributed by atoms with E-state index >= 15 is 0 Å². The Morgan fingerprint density at radius 3 is 2.05 bits per heavy atom. The van der Waals surface area contributed by atoms with Gasteiger partial charge >= 0.3 is 0 Å². The van der Waals surface area contributed by atoms with E-state index in [1.54, 1.807) is 0 Å². The van der Waals surface area contributed by atoms with Gasteiger partial charge < -0.3 is 5.11 Å². The van der Waals surface area contributed by atoms with Crippen LogP contribution in [0.2, 0.25) is 0 Å². The van der Waals surface area contributed by atoms with Gasteiger partial charge in [0.25, 0.3) is 0 Å². The van der Waals surface area contributed by atoms with Crippen molar-refractivity contribution in [2.24, 2.45) is 5.92 Å². The molecule has 2 aliphatic rings. The maximum atomic E-state index is 11.0. The monoisotopic (exact) mass is 258 g/mol. The van der Waals surface area contributed by atoms with Crippen molar-refractivity contribution in [1.82, 2.24) is 0 Å². The highest BCUT2D eigenvalue weighted by atomic mass is 16.3. The third-order valence-electron chi connectivity index (χ3n) is 5.51. The molecule has 0 spiro atoms. The van der Waals surface area contributed by atoms with Crippen LogP contribution in [0.4, 0.5) is 0 Å². The minimum Gasteiger partial charge on any atom is -0.392 e. The van der Waals surface area contributed by atoms with Gasteiger partial charge in [-0.05, 0) is 37.2 Å². The second kappa shape index (κ2) is 5.66. The molecule has 0 aromatic heterocycles. The Labute approximate surface area is 117 Å². The summed E-state index contributed by atoms with van der Waals surface area (Å²) in [7, 11) is 0. The lowest BCUT2D eigenvalue weighted by Gasteiger charge is -2.48. The predicted molar refractivity (Wildman–Crippen MR) is 79.2 cm³/mol. The van der Waals surface area contributed by atoms with Crippen molar-refractivity contribution in [3.63, 3.8) is 0 Å². The number of hydrogen-bond acceptors (Lipinski definition) is 1. The Bertz CT molecular complexity index is 385. The maximum Gasteiger partial charge on any atom is 0.0664 e. The molecule has 1 aromatic rings. The molecule has 2 aliphatic carbocycles. The first kappa shape index (κ1) is 13.2. The molecule has 0 saturated heterocycles. The average Bonchev–Trinajstić information content (AvgIpc) is 2.67. The summed E-state index contributed by atoms with van der Waals surface area (Å²) >= 11 is 0. The molecule has 0 radical (unpaired) electrons. The summed E-state index contributed by atoms with van der Waals surface area (Å²) < 4.78 is 0. The van der Waals surface area contributed by atoms with Crippen LogP contribution in [0, 0.1) is 5.92 Å². The van der Waals surface area contributed by atoms with Crippen LogP contribution in [0.1, 0.15) is 63.4 Å². The molecule has 0 amide bonds. The molecule has 1 unspecified atom stereocenters. The zero-order valence-corrected chi connectivity index (χ0v) is 11.9. The Morgan fingerprint density at radius 1 is 0.895 bits per heavy atom. The van der Waals surface area contributed by atoms with Gasteiger partial charge in [-0.25, -0.2) is 0 Å². The molecule has 1 aromatic carbocycles. The van der Waals surface area contributed by atoms with E-state index in [9.17, 15) is 5.11 Å². The Balaban J connectivity index is 1.81. The first-order chi connectivity index (χ1) is 9.33. The number of aliphatic hydroxyl groups excluding tert-OH is 1. The van der Waals surface area contributed by atoms with E-state index < -0.39 is 0 Å². The van der Waals surface area contributed by atoms with Crippen molar-refractivity contribution in [3.05, 3.63) is 35.9 Å². The van der Waals surface area contributed by atoms with Crippen molar-refractivity contribution >= 4 is 0 Å². The highest BCUT2D eigenvalue weighted by molar-refractivity contribution is 5.30. The third kappa shape index (κ3) is 2.45. The van der Waals surface area contributed by atoms with Gasteiger partial charge in [-0.1, -0.05) is 62.4 Å². The molecule has 0 bridgehead atoms. The lowest BCUT2D eigenvalue weighted by atomic mass is 9.58. The molecule has 2 fully saturated rings. The van der Waals surface area contributed by atoms with E-state index in [-0.39, 0.29) is 11.5 Å². The topological polar surface area (TPSA) is 20.2 Å². The fraction of sp³-hybridized carbons (Fsp3) is 0.667. The smallest absolute Gasteiger partial charge is 0.0664 e. The summed E-state index contributed by atoms with van der Waals surface area (Å²) in [5.74, 6) is 0.531. The summed E-state index contributed by atoms with van der Waals surface area (Å²) in [5, 5.41) is 11.0. The maximum absolute atomic E-state index is 11.0. The minimum atomic E-state index is -0.123. The lowest BCUT2D eigenvalue weighted by Crippen LogP contribution is -2.49. The highest BCUT2D eigenvalue weighted by Gasteiger charge is 2.47. The van der Waals surface area contributed by atoms with Crippen molar-refractivity contribution in [3.8, 4) is 0 Å². The van der Waals surface area contributed by atoms with E-state index in [0.717, 1.165) is 0 Å². The Hall–Kier alpha value is -0.820. The molecule has 0 heterocycles. The molecule has 3 rings (SSSR count). The first-order valence-corrected chi connectivity index (χ1v) is 8.06. The van der Waals surface area contributed by atoms with Crippen LogP contribution in [0.25, 0.3) is 0 Å². The van der Waals surface area contributed by atoms with Crippen LogP contribution in [0.3, 0.4) is 0 Å². The Morgan fingerprint density at radius 2 is 1.53 bits per heavy atom. The SMILES string of the molecule is OC(C1CCCCCC1)C1(c2ccccc2)CCC1. The Kier molecular flexibility index (Phi) is 3.93. The lowest BCUT2D eigenvalue weighted by molar-refractivity contribution is -0.0188. The van der Waals surface area contributed by atoms with E-state index in [4.69, 9.17) is 0 Å². The molecule has 1 atom stereocenters. The van der Waals surface area contributed by atoms with Gasteiger partial charge in [0.15, 0.2) is 0 Å². The van der Waals surface area contributed by atoms with Crippen LogP contribution in [0.5, 0.6) is 0 Å². The number of aliphatic hydroxyl groups is 1. The van der Waals surface area contributed by atoms with Crippen LogP contribution in [-0.2, 0) is 5.41 Å². The molecule has 19 heavy (non-hydrogen) atoms.